The summed E-state index contributed by atoms with van der Waals surface area (Å²) in [6, 6.07) is 9.01. The third-order valence-electron chi connectivity index (χ3n) is 4.88. The zero-order chi connectivity index (χ0) is 17.3. The Morgan fingerprint density at radius 2 is 1.96 bits per heavy atom. The van der Waals surface area contributed by atoms with E-state index in [0.29, 0.717) is 6.54 Å². The van der Waals surface area contributed by atoms with E-state index >= 15 is 0 Å². The SMILES string of the molecule is Cc1cc(C)cc(C(c2sccc2C)N2CCCC(C(=O)O)C2)c1. The van der Waals surface area contributed by atoms with Gasteiger partial charge in [-0.3, -0.25) is 9.69 Å². The lowest BCUT2D eigenvalue weighted by Gasteiger charge is -2.37. The van der Waals surface area contributed by atoms with Crippen LogP contribution in [0, 0.1) is 26.7 Å². The molecule has 1 N–H and O–H groups in total. The van der Waals surface area contributed by atoms with E-state index in [1.165, 1.54) is 27.1 Å². The zero-order valence-corrected chi connectivity index (χ0v) is 15.4. The van der Waals surface area contributed by atoms with Crippen molar-refractivity contribution in [3.05, 3.63) is 56.8 Å². The van der Waals surface area contributed by atoms with Crippen LogP contribution in [0.25, 0.3) is 0 Å². The van der Waals surface area contributed by atoms with Gasteiger partial charge in [-0.15, -0.1) is 11.3 Å². The summed E-state index contributed by atoms with van der Waals surface area (Å²) in [5, 5.41) is 11.6. The first kappa shape index (κ1) is 17.2. The van der Waals surface area contributed by atoms with Gasteiger partial charge in [0.05, 0.1) is 12.0 Å². The predicted molar refractivity (Wildman–Crippen MR) is 98.7 cm³/mol. The molecule has 2 aromatic rings. The molecule has 0 radical (unpaired) electrons. The maximum absolute atomic E-state index is 11.5. The molecule has 3 nitrogen and oxygen atoms in total. The van der Waals surface area contributed by atoms with Crippen molar-refractivity contribution in [2.75, 3.05) is 13.1 Å². The summed E-state index contributed by atoms with van der Waals surface area (Å²) in [6.07, 6.45) is 1.73. The van der Waals surface area contributed by atoms with Crippen LogP contribution < -0.4 is 0 Å². The molecule has 1 fully saturated rings. The molecule has 1 aliphatic rings. The molecule has 0 spiro atoms. The van der Waals surface area contributed by atoms with Gasteiger partial charge < -0.3 is 5.11 Å². The Hall–Kier alpha value is -1.65. The lowest BCUT2D eigenvalue weighted by molar-refractivity contribution is -0.143. The fraction of sp³-hybridized carbons (Fsp3) is 0.450. The number of carboxylic acids is 1. The number of aryl methyl sites for hydroxylation is 3. The Morgan fingerprint density at radius 1 is 1.25 bits per heavy atom. The fourth-order valence-electron chi connectivity index (χ4n) is 3.80. The van der Waals surface area contributed by atoms with Gasteiger partial charge in [0.1, 0.15) is 0 Å². The summed E-state index contributed by atoms with van der Waals surface area (Å²) in [5.74, 6) is -0.922. The van der Waals surface area contributed by atoms with E-state index in [1.807, 2.05) is 0 Å². The number of aliphatic carboxylic acids is 1. The van der Waals surface area contributed by atoms with Crippen molar-refractivity contribution < 1.29 is 9.90 Å². The van der Waals surface area contributed by atoms with E-state index in [0.717, 1.165) is 19.4 Å². The van der Waals surface area contributed by atoms with Crippen molar-refractivity contribution in [1.82, 2.24) is 4.90 Å². The summed E-state index contributed by atoms with van der Waals surface area (Å²) in [4.78, 5) is 15.2. The molecule has 4 heteroatoms. The number of thiophene rings is 1. The first-order chi connectivity index (χ1) is 11.5. The lowest BCUT2D eigenvalue weighted by Crippen LogP contribution is -2.41. The number of likely N-dealkylation sites (tertiary alicyclic amines) is 1. The second kappa shape index (κ2) is 7.08. The number of carbonyl (C=O) groups is 1. The van der Waals surface area contributed by atoms with E-state index in [1.54, 1.807) is 11.3 Å². The summed E-state index contributed by atoms with van der Waals surface area (Å²) in [7, 11) is 0. The molecule has 1 aromatic heterocycles. The van der Waals surface area contributed by atoms with Crippen LogP contribution in [0.1, 0.15) is 46.0 Å². The van der Waals surface area contributed by atoms with E-state index in [9.17, 15) is 9.90 Å². The first-order valence-corrected chi connectivity index (χ1v) is 9.42. The summed E-state index contributed by atoms with van der Waals surface area (Å²) < 4.78 is 0. The van der Waals surface area contributed by atoms with Gasteiger partial charge in [0.2, 0.25) is 0 Å². The number of rotatable bonds is 4. The normalized spacial score (nSPS) is 20.0. The Kier molecular flexibility index (Phi) is 5.07. The summed E-state index contributed by atoms with van der Waals surface area (Å²) >= 11 is 1.78. The second-order valence-electron chi connectivity index (χ2n) is 6.96. The van der Waals surface area contributed by atoms with Crippen molar-refractivity contribution in [3.8, 4) is 0 Å². The molecular formula is C20H25NO2S. The number of benzene rings is 1. The quantitative estimate of drug-likeness (QED) is 0.885. The van der Waals surface area contributed by atoms with Gasteiger partial charge in [0.25, 0.3) is 0 Å². The maximum atomic E-state index is 11.5. The number of nitrogens with zero attached hydrogens (tertiary/aromatic N) is 1. The smallest absolute Gasteiger partial charge is 0.307 e. The van der Waals surface area contributed by atoms with Crippen LogP contribution in [0.2, 0.25) is 0 Å². The molecule has 2 atom stereocenters. The van der Waals surface area contributed by atoms with Gasteiger partial charge in [-0.05, 0) is 62.7 Å². The highest BCUT2D eigenvalue weighted by molar-refractivity contribution is 7.10. The van der Waals surface area contributed by atoms with Crippen LogP contribution in [-0.4, -0.2) is 29.1 Å². The average Bonchev–Trinajstić information content (AvgIpc) is 2.93. The molecule has 0 amide bonds. The highest BCUT2D eigenvalue weighted by atomic mass is 32.1. The topological polar surface area (TPSA) is 40.5 Å². The fourth-order valence-corrected chi connectivity index (χ4v) is 4.89. The third-order valence-corrected chi connectivity index (χ3v) is 5.95. The lowest BCUT2D eigenvalue weighted by atomic mass is 9.92. The van der Waals surface area contributed by atoms with Crippen LogP contribution >= 0.6 is 11.3 Å². The molecule has 2 heterocycles. The molecule has 1 aliphatic heterocycles. The number of piperidine rings is 1. The van der Waals surface area contributed by atoms with Crippen molar-refractivity contribution in [2.24, 2.45) is 5.92 Å². The predicted octanol–water partition coefficient (Wildman–Crippen LogP) is 4.56. The monoisotopic (exact) mass is 343 g/mol. The summed E-state index contributed by atoms with van der Waals surface area (Å²) in [6.45, 7) is 8.00. The first-order valence-electron chi connectivity index (χ1n) is 8.54. The van der Waals surface area contributed by atoms with E-state index < -0.39 is 5.97 Å². The average molecular weight is 343 g/mol. The largest absolute Gasteiger partial charge is 0.481 e. The molecule has 1 aromatic carbocycles. The molecule has 128 valence electrons. The van der Waals surface area contributed by atoms with Gasteiger partial charge in [0.15, 0.2) is 0 Å². The van der Waals surface area contributed by atoms with Crippen molar-refractivity contribution in [1.29, 1.82) is 0 Å². The molecule has 2 unspecified atom stereocenters. The number of hydrogen-bond acceptors (Lipinski definition) is 3. The Labute approximate surface area is 147 Å². The van der Waals surface area contributed by atoms with Gasteiger partial charge in [-0.25, -0.2) is 0 Å². The Balaban J connectivity index is 2.02. The molecule has 3 rings (SSSR count). The molecule has 0 bridgehead atoms. The van der Waals surface area contributed by atoms with E-state index in [2.05, 4.69) is 55.3 Å². The Bertz CT molecular complexity index is 717. The highest BCUT2D eigenvalue weighted by Gasteiger charge is 2.32. The van der Waals surface area contributed by atoms with Gasteiger partial charge >= 0.3 is 5.97 Å². The number of carboxylic acid groups (broad SMARTS) is 1. The van der Waals surface area contributed by atoms with Gasteiger partial charge in [-0.1, -0.05) is 29.3 Å². The zero-order valence-electron chi connectivity index (χ0n) is 14.6. The van der Waals surface area contributed by atoms with Gasteiger partial charge in [0, 0.05) is 11.4 Å². The van der Waals surface area contributed by atoms with Crippen LogP contribution in [0.15, 0.2) is 29.6 Å². The van der Waals surface area contributed by atoms with Crippen molar-refractivity contribution in [3.63, 3.8) is 0 Å². The second-order valence-corrected chi connectivity index (χ2v) is 7.91. The molecule has 24 heavy (non-hydrogen) atoms. The molecule has 0 saturated carbocycles. The van der Waals surface area contributed by atoms with E-state index in [4.69, 9.17) is 0 Å². The molecular weight excluding hydrogens is 318 g/mol. The van der Waals surface area contributed by atoms with Gasteiger partial charge in [-0.2, -0.15) is 0 Å². The Morgan fingerprint density at radius 3 is 2.54 bits per heavy atom. The van der Waals surface area contributed by atoms with Crippen LogP contribution in [0.3, 0.4) is 0 Å². The standard InChI is InChI=1S/C20H25NO2S/c1-13-9-14(2)11-17(10-13)18(19-15(3)6-8-24-19)21-7-4-5-16(12-21)20(22)23/h6,8-11,16,18H,4-5,7,12H2,1-3H3,(H,22,23). The molecule has 0 aliphatic carbocycles. The maximum Gasteiger partial charge on any atom is 0.307 e. The third kappa shape index (κ3) is 3.55. The number of hydrogen-bond donors (Lipinski definition) is 1. The molecule has 1 saturated heterocycles. The van der Waals surface area contributed by atoms with Crippen LogP contribution in [0.4, 0.5) is 0 Å². The highest BCUT2D eigenvalue weighted by Crippen LogP contribution is 2.37. The summed E-state index contributed by atoms with van der Waals surface area (Å²) in [5.41, 5.74) is 5.10. The van der Waals surface area contributed by atoms with E-state index in [-0.39, 0.29) is 12.0 Å². The van der Waals surface area contributed by atoms with Crippen LogP contribution in [0.5, 0.6) is 0 Å². The van der Waals surface area contributed by atoms with Crippen molar-refractivity contribution in [2.45, 2.75) is 39.7 Å². The van der Waals surface area contributed by atoms with Crippen molar-refractivity contribution >= 4 is 17.3 Å². The van der Waals surface area contributed by atoms with Crippen LogP contribution in [-0.2, 0) is 4.79 Å². The minimum Gasteiger partial charge on any atom is -0.481 e. The minimum absolute atomic E-state index is 0.158. The minimum atomic E-state index is -0.665.